The van der Waals surface area contributed by atoms with Gasteiger partial charge in [0.2, 0.25) is 0 Å². The van der Waals surface area contributed by atoms with Gasteiger partial charge in [-0.05, 0) is 60.7 Å². The first-order chi connectivity index (χ1) is 9.22. The third-order valence-electron chi connectivity index (χ3n) is 3.57. The molecule has 0 amide bonds. The van der Waals surface area contributed by atoms with Crippen LogP contribution in [0.25, 0.3) is 0 Å². The Balaban J connectivity index is 1.78. The van der Waals surface area contributed by atoms with Crippen LogP contribution in [0.1, 0.15) is 24.5 Å². The van der Waals surface area contributed by atoms with Crippen LogP contribution >= 0.6 is 12.2 Å². The summed E-state index contributed by atoms with van der Waals surface area (Å²) in [5.74, 6) is 1.60. The van der Waals surface area contributed by atoms with Crippen molar-refractivity contribution in [1.82, 2.24) is 9.55 Å². The van der Waals surface area contributed by atoms with Crippen LogP contribution in [0.4, 0.5) is 0 Å². The summed E-state index contributed by atoms with van der Waals surface area (Å²) < 4.78 is 7.40. The summed E-state index contributed by atoms with van der Waals surface area (Å²) in [6.07, 6.45) is 8.66. The fraction of sp³-hybridized carbons (Fsp3) is 0.333. The number of aryl methyl sites for hydroxylation is 1. The SMILES string of the molecule is CC1CCc2cc(OC(=S)n3ccnc3)ccc2C1. The summed E-state index contributed by atoms with van der Waals surface area (Å²) in [6, 6.07) is 6.28. The van der Waals surface area contributed by atoms with Gasteiger partial charge >= 0.3 is 0 Å². The van der Waals surface area contributed by atoms with Gasteiger partial charge in [0, 0.05) is 12.4 Å². The zero-order valence-corrected chi connectivity index (χ0v) is 11.7. The molecule has 0 bridgehead atoms. The maximum absolute atomic E-state index is 5.71. The van der Waals surface area contributed by atoms with Crippen molar-refractivity contribution in [1.29, 1.82) is 0 Å². The monoisotopic (exact) mass is 272 g/mol. The lowest BCUT2D eigenvalue weighted by atomic mass is 9.85. The van der Waals surface area contributed by atoms with Crippen LogP contribution in [0.15, 0.2) is 36.9 Å². The molecule has 0 saturated heterocycles. The van der Waals surface area contributed by atoms with Crippen molar-refractivity contribution in [2.24, 2.45) is 5.92 Å². The maximum atomic E-state index is 5.71. The molecule has 3 rings (SSSR count). The molecule has 2 aromatic rings. The molecule has 1 unspecified atom stereocenters. The van der Waals surface area contributed by atoms with Crippen LogP contribution < -0.4 is 4.74 Å². The maximum Gasteiger partial charge on any atom is 0.274 e. The summed E-state index contributed by atoms with van der Waals surface area (Å²) in [5, 5.41) is 0.404. The molecule has 0 radical (unpaired) electrons. The van der Waals surface area contributed by atoms with Crippen LogP contribution in [0.3, 0.4) is 0 Å². The van der Waals surface area contributed by atoms with E-state index in [-0.39, 0.29) is 0 Å². The predicted octanol–water partition coefficient (Wildman–Crippen LogP) is 3.22. The van der Waals surface area contributed by atoms with Gasteiger partial charge in [-0.3, -0.25) is 4.57 Å². The number of rotatable bonds is 1. The first-order valence-corrected chi connectivity index (χ1v) is 6.95. The number of ether oxygens (including phenoxy) is 1. The average molecular weight is 272 g/mol. The van der Waals surface area contributed by atoms with Gasteiger partial charge in [0.25, 0.3) is 5.17 Å². The van der Waals surface area contributed by atoms with Gasteiger partial charge < -0.3 is 4.74 Å². The fourth-order valence-corrected chi connectivity index (χ4v) is 2.70. The highest BCUT2D eigenvalue weighted by molar-refractivity contribution is 7.80. The van der Waals surface area contributed by atoms with E-state index in [1.165, 1.54) is 24.0 Å². The molecule has 1 aromatic heterocycles. The van der Waals surface area contributed by atoms with Crippen molar-refractivity contribution in [3.63, 3.8) is 0 Å². The van der Waals surface area contributed by atoms with Crippen molar-refractivity contribution in [3.8, 4) is 5.75 Å². The van der Waals surface area contributed by atoms with E-state index in [1.807, 2.05) is 6.07 Å². The van der Waals surface area contributed by atoms with Gasteiger partial charge in [-0.1, -0.05) is 13.0 Å². The molecule has 1 atom stereocenters. The number of thiocarbonyl (C=S) groups is 1. The molecule has 1 aliphatic carbocycles. The molecule has 1 heterocycles. The third kappa shape index (κ3) is 2.68. The Bertz CT molecular complexity index is 592. The first kappa shape index (κ1) is 12.4. The molecule has 0 spiro atoms. The fourth-order valence-electron chi connectivity index (χ4n) is 2.50. The van der Waals surface area contributed by atoms with Gasteiger partial charge in [-0.2, -0.15) is 0 Å². The van der Waals surface area contributed by atoms with Gasteiger partial charge in [0.15, 0.2) is 0 Å². The van der Waals surface area contributed by atoms with E-state index in [1.54, 1.807) is 23.3 Å². The average Bonchev–Trinajstić information content (AvgIpc) is 2.93. The first-order valence-electron chi connectivity index (χ1n) is 6.54. The second kappa shape index (κ2) is 5.13. The summed E-state index contributed by atoms with van der Waals surface area (Å²) in [7, 11) is 0. The second-order valence-corrected chi connectivity index (χ2v) is 5.47. The standard InChI is InChI=1S/C15H16N2OS/c1-11-2-3-13-9-14(5-4-12(13)8-11)18-15(19)17-7-6-16-10-17/h4-7,9-11H,2-3,8H2,1H3. The van der Waals surface area contributed by atoms with Gasteiger partial charge in [-0.25, -0.2) is 4.98 Å². The van der Waals surface area contributed by atoms with Crippen molar-refractivity contribution in [2.45, 2.75) is 26.2 Å². The minimum absolute atomic E-state index is 0.404. The number of imidazole rings is 1. The normalized spacial score (nSPS) is 17.8. The molecule has 0 N–H and O–H groups in total. The number of nitrogens with zero attached hydrogens (tertiary/aromatic N) is 2. The summed E-state index contributed by atoms with van der Waals surface area (Å²) >= 11 is 5.23. The lowest BCUT2D eigenvalue weighted by molar-refractivity contribution is 0.495. The second-order valence-electron chi connectivity index (χ2n) is 5.12. The minimum Gasteiger partial charge on any atom is -0.431 e. The Morgan fingerprint density at radius 1 is 1.42 bits per heavy atom. The molecule has 4 heteroatoms. The van der Waals surface area contributed by atoms with Crippen molar-refractivity contribution >= 4 is 17.4 Å². The molecule has 0 fully saturated rings. The lowest BCUT2D eigenvalue weighted by Crippen LogP contribution is -2.15. The van der Waals surface area contributed by atoms with Gasteiger partial charge in [0.05, 0.1) is 0 Å². The van der Waals surface area contributed by atoms with E-state index in [0.717, 1.165) is 18.1 Å². The van der Waals surface area contributed by atoms with E-state index in [0.29, 0.717) is 5.17 Å². The van der Waals surface area contributed by atoms with Gasteiger partial charge in [-0.15, -0.1) is 0 Å². The molecule has 1 aliphatic rings. The van der Waals surface area contributed by atoms with Gasteiger partial charge in [0.1, 0.15) is 12.1 Å². The highest BCUT2D eigenvalue weighted by atomic mass is 32.1. The van der Waals surface area contributed by atoms with Crippen LogP contribution in [0.5, 0.6) is 5.75 Å². The van der Waals surface area contributed by atoms with E-state index >= 15 is 0 Å². The Labute approximate surface area is 118 Å². The summed E-state index contributed by atoms with van der Waals surface area (Å²) in [6.45, 7) is 2.31. The molecule has 19 heavy (non-hydrogen) atoms. The number of hydrogen-bond donors (Lipinski definition) is 0. The molecular formula is C15H16N2OS. The molecule has 3 nitrogen and oxygen atoms in total. The van der Waals surface area contributed by atoms with Crippen LogP contribution in [0, 0.1) is 5.92 Å². The van der Waals surface area contributed by atoms with E-state index < -0.39 is 0 Å². The number of fused-ring (bicyclic) bond motifs is 1. The number of benzene rings is 1. The molecule has 0 aliphatic heterocycles. The Kier molecular flexibility index (Phi) is 3.34. The molecule has 98 valence electrons. The van der Waals surface area contributed by atoms with Crippen molar-refractivity contribution in [2.75, 3.05) is 0 Å². The number of aromatic nitrogens is 2. The van der Waals surface area contributed by atoms with E-state index in [2.05, 4.69) is 24.0 Å². The molecule has 0 saturated carbocycles. The Morgan fingerprint density at radius 2 is 2.32 bits per heavy atom. The quantitative estimate of drug-likeness (QED) is 0.746. The zero-order valence-electron chi connectivity index (χ0n) is 10.9. The Hall–Kier alpha value is -1.68. The van der Waals surface area contributed by atoms with Crippen molar-refractivity contribution in [3.05, 3.63) is 48.0 Å². The van der Waals surface area contributed by atoms with Crippen LogP contribution in [-0.4, -0.2) is 14.7 Å². The third-order valence-corrected chi connectivity index (χ3v) is 3.87. The smallest absolute Gasteiger partial charge is 0.274 e. The lowest BCUT2D eigenvalue weighted by Gasteiger charge is -2.22. The van der Waals surface area contributed by atoms with E-state index in [4.69, 9.17) is 17.0 Å². The molecular weight excluding hydrogens is 256 g/mol. The number of hydrogen-bond acceptors (Lipinski definition) is 3. The highest BCUT2D eigenvalue weighted by Crippen LogP contribution is 2.28. The summed E-state index contributed by atoms with van der Waals surface area (Å²) in [4.78, 5) is 3.96. The van der Waals surface area contributed by atoms with Crippen molar-refractivity contribution < 1.29 is 4.74 Å². The highest BCUT2D eigenvalue weighted by Gasteiger charge is 2.15. The Morgan fingerprint density at radius 3 is 3.11 bits per heavy atom. The predicted molar refractivity (Wildman–Crippen MR) is 78.5 cm³/mol. The van der Waals surface area contributed by atoms with Crippen LogP contribution in [-0.2, 0) is 12.8 Å². The molecule has 1 aromatic carbocycles. The van der Waals surface area contributed by atoms with Crippen LogP contribution in [0.2, 0.25) is 0 Å². The zero-order chi connectivity index (χ0) is 13.2. The summed E-state index contributed by atoms with van der Waals surface area (Å²) in [5.41, 5.74) is 2.84. The topological polar surface area (TPSA) is 27.1 Å². The van der Waals surface area contributed by atoms with E-state index in [9.17, 15) is 0 Å². The largest absolute Gasteiger partial charge is 0.431 e. The minimum atomic E-state index is 0.404.